The summed E-state index contributed by atoms with van der Waals surface area (Å²) in [5, 5.41) is 10.9. The summed E-state index contributed by atoms with van der Waals surface area (Å²) in [6.07, 6.45) is 2.68. The number of ether oxygens (including phenoxy) is 1. The average molecular weight is 284 g/mol. The zero-order chi connectivity index (χ0) is 13.6. The molecule has 0 aliphatic carbocycles. The Balaban J connectivity index is 1.97. The molecule has 19 heavy (non-hydrogen) atoms. The quantitative estimate of drug-likeness (QED) is 0.904. The van der Waals surface area contributed by atoms with Gasteiger partial charge in [0, 0.05) is 27.4 Å². The first-order chi connectivity index (χ1) is 9.01. The van der Waals surface area contributed by atoms with Crippen molar-refractivity contribution in [1.29, 1.82) is 0 Å². The van der Waals surface area contributed by atoms with E-state index in [2.05, 4.69) is 0 Å². The van der Waals surface area contributed by atoms with Crippen molar-refractivity contribution in [3.63, 3.8) is 0 Å². The predicted octanol–water partition coefficient (Wildman–Crippen LogP) is 2.10. The van der Waals surface area contributed by atoms with Gasteiger partial charge in [0.05, 0.1) is 12.7 Å². The van der Waals surface area contributed by atoms with Gasteiger partial charge in [-0.2, -0.15) is 0 Å². The molecule has 2 aliphatic heterocycles. The molecule has 2 heterocycles. The Hall–Kier alpha value is -0.940. The summed E-state index contributed by atoms with van der Waals surface area (Å²) in [6, 6.07) is 4.33. The molecule has 1 N–H and O–H groups in total. The molecule has 2 saturated heterocycles. The average Bonchev–Trinajstić information content (AvgIpc) is 2.62. The fraction of sp³-hybridized carbons (Fsp3) is 0.571. The fourth-order valence-corrected chi connectivity index (χ4v) is 5.43. The highest BCUT2D eigenvalue weighted by Crippen LogP contribution is 2.46. The van der Waals surface area contributed by atoms with Crippen LogP contribution in [0.1, 0.15) is 31.2 Å². The van der Waals surface area contributed by atoms with Gasteiger partial charge in [0.25, 0.3) is 0 Å². The molecule has 104 valence electrons. The molecule has 2 bridgehead atoms. The zero-order valence-electron chi connectivity index (χ0n) is 10.8. The van der Waals surface area contributed by atoms with Gasteiger partial charge in [-0.25, -0.2) is 4.39 Å². The molecule has 0 aromatic heterocycles. The maximum atomic E-state index is 13.6. The van der Waals surface area contributed by atoms with E-state index in [1.54, 1.807) is 6.07 Å². The molecule has 1 aromatic rings. The number of benzene rings is 1. The highest BCUT2D eigenvalue weighted by atomic mass is 32.2. The maximum absolute atomic E-state index is 13.6. The minimum Gasteiger partial charge on any atom is -0.497 e. The Morgan fingerprint density at radius 3 is 2.53 bits per heavy atom. The fourth-order valence-electron chi connectivity index (χ4n) is 3.27. The molecule has 2 fully saturated rings. The van der Waals surface area contributed by atoms with Crippen molar-refractivity contribution in [2.24, 2.45) is 0 Å². The molecule has 0 spiro atoms. The van der Waals surface area contributed by atoms with Gasteiger partial charge in [0.15, 0.2) is 0 Å². The van der Waals surface area contributed by atoms with Crippen molar-refractivity contribution in [3.8, 4) is 5.75 Å². The minimum atomic E-state index is -1.07. The molecule has 5 heteroatoms. The lowest BCUT2D eigenvalue weighted by Gasteiger charge is -2.36. The zero-order valence-corrected chi connectivity index (χ0v) is 11.6. The second kappa shape index (κ2) is 4.56. The SMILES string of the molecule is COc1cc(F)cc(C2(O)CC3CCC(C2)S3=O)c1. The van der Waals surface area contributed by atoms with Crippen molar-refractivity contribution in [3.05, 3.63) is 29.6 Å². The van der Waals surface area contributed by atoms with Crippen LogP contribution in [-0.4, -0.2) is 26.9 Å². The van der Waals surface area contributed by atoms with E-state index in [9.17, 15) is 13.7 Å². The molecule has 2 atom stereocenters. The van der Waals surface area contributed by atoms with E-state index >= 15 is 0 Å². The molecule has 1 aromatic carbocycles. The lowest BCUT2D eigenvalue weighted by molar-refractivity contribution is 0.0180. The van der Waals surface area contributed by atoms with Crippen LogP contribution in [0.5, 0.6) is 5.75 Å². The van der Waals surface area contributed by atoms with E-state index in [0.29, 0.717) is 24.2 Å². The van der Waals surface area contributed by atoms with Crippen LogP contribution >= 0.6 is 0 Å². The summed E-state index contributed by atoms with van der Waals surface area (Å²) in [7, 11) is 0.638. The van der Waals surface area contributed by atoms with Crippen LogP contribution in [0.25, 0.3) is 0 Å². The van der Waals surface area contributed by atoms with E-state index < -0.39 is 22.2 Å². The van der Waals surface area contributed by atoms with Gasteiger partial charge >= 0.3 is 0 Å². The molecular weight excluding hydrogens is 267 g/mol. The van der Waals surface area contributed by atoms with Gasteiger partial charge in [-0.3, -0.25) is 4.21 Å². The van der Waals surface area contributed by atoms with E-state index in [4.69, 9.17) is 4.74 Å². The number of hydrogen-bond donors (Lipinski definition) is 1. The Morgan fingerprint density at radius 2 is 1.95 bits per heavy atom. The monoisotopic (exact) mass is 284 g/mol. The summed E-state index contributed by atoms with van der Waals surface area (Å²) in [6.45, 7) is 0. The van der Waals surface area contributed by atoms with Crippen LogP contribution in [-0.2, 0) is 16.4 Å². The topological polar surface area (TPSA) is 46.5 Å². The standard InChI is InChI=1S/C14H17FO3S/c1-18-11-5-9(4-10(15)6-11)14(16)7-12-2-3-13(8-14)19(12)17/h4-6,12-13,16H,2-3,7-8H2,1H3. The number of fused-ring (bicyclic) bond motifs is 2. The lowest BCUT2D eigenvalue weighted by Crippen LogP contribution is -2.40. The van der Waals surface area contributed by atoms with Gasteiger partial charge in [-0.05, 0) is 43.4 Å². The largest absolute Gasteiger partial charge is 0.497 e. The first-order valence-corrected chi connectivity index (χ1v) is 7.76. The molecule has 2 unspecified atom stereocenters. The van der Waals surface area contributed by atoms with Crippen molar-refractivity contribution < 1.29 is 18.4 Å². The lowest BCUT2D eigenvalue weighted by atomic mass is 9.86. The van der Waals surface area contributed by atoms with E-state index in [-0.39, 0.29) is 10.5 Å². The van der Waals surface area contributed by atoms with Gasteiger partial charge < -0.3 is 9.84 Å². The van der Waals surface area contributed by atoms with Crippen LogP contribution < -0.4 is 4.74 Å². The normalized spacial score (nSPS) is 37.3. The maximum Gasteiger partial charge on any atom is 0.127 e. The van der Waals surface area contributed by atoms with Crippen molar-refractivity contribution in [2.45, 2.75) is 41.8 Å². The first-order valence-electron chi connectivity index (χ1n) is 6.49. The molecule has 0 radical (unpaired) electrons. The molecule has 2 aliphatic rings. The van der Waals surface area contributed by atoms with Gasteiger partial charge in [0.2, 0.25) is 0 Å². The number of methoxy groups -OCH3 is 1. The Bertz CT molecular complexity index is 515. The minimum absolute atomic E-state index is 0.0398. The number of halogens is 1. The van der Waals surface area contributed by atoms with Crippen LogP contribution in [0, 0.1) is 5.82 Å². The number of rotatable bonds is 2. The summed E-state index contributed by atoms with van der Waals surface area (Å²) in [5.74, 6) is -0.00992. The first kappa shape index (κ1) is 13.1. The van der Waals surface area contributed by atoms with Crippen LogP contribution in [0.15, 0.2) is 18.2 Å². The van der Waals surface area contributed by atoms with Gasteiger partial charge in [-0.1, -0.05) is 0 Å². The van der Waals surface area contributed by atoms with E-state index in [1.165, 1.54) is 19.2 Å². The molecule has 3 nitrogen and oxygen atoms in total. The number of hydrogen-bond acceptors (Lipinski definition) is 3. The Labute approximate surface area is 114 Å². The van der Waals surface area contributed by atoms with Crippen molar-refractivity contribution in [1.82, 2.24) is 0 Å². The predicted molar refractivity (Wildman–Crippen MR) is 71.0 cm³/mol. The summed E-state index contributed by atoms with van der Waals surface area (Å²) < 4.78 is 30.6. The third-order valence-electron chi connectivity index (χ3n) is 4.24. The number of aliphatic hydroxyl groups is 1. The molecule has 0 amide bonds. The smallest absolute Gasteiger partial charge is 0.127 e. The van der Waals surface area contributed by atoms with Gasteiger partial charge in [0.1, 0.15) is 11.6 Å². The third-order valence-corrected chi connectivity index (χ3v) is 6.36. The Kier molecular flexibility index (Phi) is 3.14. The van der Waals surface area contributed by atoms with Crippen LogP contribution in [0.4, 0.5) is 4.39 Å². The van der Waals surface area contributed by atoms with Crippen molar-refractivity contribution in [2.75, 3.05) is 7.11 Å². The third kappa shape index (κ3) is 2.19. The second-order valence-corrected chi connectivity index (χ2v) is 7.46. The van der Waals surface area contributed by atoms with Crippen molar-refractivity contribution >= 4 is 10.8 Å². The highest BCUT2D eigenvalue weighted by Gasteiger charge is 2.48. The highest BCUT2D eigenvalue weighted by molar-refractivity contribution is 7.86. The van der Waals surface area contributed by atoms with E-state index in [1.807, 2.05) is 0 Å². The molecule has 3 rings (SSSR count). The van der Waals surface area contributed by atoms with Crippen LogP contribution in [0.2, 0.25) is 0 Å². The summed E-state index contributed by atoms with van der Waals surface area (Å²) in [4.78, 5) is 0. The summed E-state index contributed by atoms with van der Waals surface area (Å²) in [5.41, 5.74) is -0.535. The van der Waals surface area contributed by atoms with Gasteiger partial charge in [-0.15, -0.1) is 0 Å². The van der Waals surface area contributed by atoms with Crippen LogP contribution in [0.3, 0.4) is 0 Å². The second-order valence-electron chi connectivity index (χ2n) is 5.47. The summed E-state index contributed by atoms with van der Waals surface area (Å²) >= 11 is 0. The van der Waals surface area contributed by atoms with E-state index in [0.717, 1.165) is 12.8 Å². The molecular formula is C14H17FO3S. The Morgan fingerprint density at radius 1 is 1.32 bits per heavy atom. The molecule has 0 saturated carbocycles.